The van der Waals surface area contributed by atoms with E-state index in [4.69, 9.17) is 4.74 Å². The lowest BCUT2D eigenvalue weighted by Gasteiger charge is -2.32. The predicted octanol–water partition coefficient (Wildman–Crippen LogP) is 3.10. The fourth-order valence-corrected chi connectivity index (χ4v) is 3.91. The third-order valence-electron chi connectivity index (χ3n) is 5.39. The zero-order valence-corrected chi connectivity index (χ0v) is 14.0. The van der Waals surface area contributed by atoms with Crippen molar-refractivity contribution >= 4 is 5.91 Å². The number of aliphatic hydroxyl groups is 1. The van der Waals surface area contributed by atoms with Gasteiger partial charge in [0.2, 0.25) is 5.91 Å². The molecular weight excluding hydrogens is 290 g/mol. The van der Waals surface area contributed by atoms with Crippen molar-refractivity contribution in [3.05, 3.63) is 29.8 Å². The fraction of sp³-hybridized carbons (Fsp3) is 0.632. The molecule has 1 aromatic carbocycles. The molecule has 1 atom stereocenters. The normalized spacial score (nSPS) is 23.7. The molecular formula is C19H27NO3. The molecule has 3 rings (SSSR count). The first-order valence-electron chi connectivity index (χ1n) is 8.74. The zero-order chi connectivity index (χ0) is 16.3. The first-order chi connectivity index (χ1) is 11.1. The van der Waals surface area contributed by atoms with Crippen LogP contribution >= 0.6 is 0 Å². The highest BCUT2D eigenvalue weighted by molar-refractivity contribution is 5.77. The van der Waals surface area contributed by atoms with Crippen LogP contribution in [-0.2, 0) is 4.79 Å². The minimum Gasteiger partial charge on any atom is -0.497 e. The molecule has 1 aliphatic carbocycles. The third kappa shape index (κ3) is 3.86. The topological polar surface area (TPSA) is 49.8 Å². The SMILES string of the molecule is COc1ccc(C2CCN(C(=O)CC3(O)CCCCC3)C2)cc1. The van der Waals surface area contributed by atoms with Crippen molar-refractivity contribution in [3.8, 4) is 5.75 Å². The number of benzene rings is 1. The number of ether oxygens (including phenoxy) is 1. The molecule has 1 heterocycles. The standard InChI is InChI=1S/C19H27NO3/c1-23-17-7-5-15(6-8-17)16-9-12-20(14-16)18(21)13-19(22)10-3-2-4-11-19/h5-8,16,22H,2-4,9-14H2,1H3. The number of nitrogens with zero attached hydrogens (tertiary/aromatic N) is 1. The van der Waals surface area contributed by atoms with Gasteiger partial charge in [-0.3, -0.25) is 4.79 Å². The summed E-state index contributed by atoms with van der Waals surface area (Å²) in [5, 5.41) is 10.6. The first-order valence-corrected chi connectivity index (χ1v) is 8.74. The summed E-state index contributed by atoms with van der Waals surface area (Å²) < 4.78 is 5.19. The van der Waals surface area contributed by atoms with Gasteiger partial charge in [0.05, 0.1) is 19.1 Å². The van der Waals surface area contributed by atoms with Gasteiger partial charge in [-0.25, -0.2) is 0 Å². The van der Waals surface area contributed by atoms with Crippen molar-refractivity contribution < 1.29 is 14.6 Å². The number of hydrogen-bond donors (Lipinski definition) is 1. The first kappa shape index (κ1) is 16.3. The molecule has 1 N–H and O–H groups in total. The molecule has 0 aromatic heterocycles. The molecule has 1 saturated heterocycles. The summed E-state index contributed by atoms with van der Waals surface area (Å²) in [6.45, 7) is 1.56. The molecule has 2 aliphatic rings. The number of likely N-dealkylation sites (tertiary alicyclic amines) is 1. The van der Waals surface area contributed by atoms with Crippen LogP contribution in [0.4, 0.5) is 0 Å². The molecule has 4 nitrogen and oxygen atoms in total. The lowest BCUT2D eigenvalue weighted by molar-refractivity contribution is -0.136. The Morgan fingerprint density at radius 1 is 1.26 bits per heavy atom. The highest BCUT2D eigenvalue weighted by Crippen LogP contribution is 2.33. The molecule has 2 fully saturated rings. The molecule has 0 spiro atoms. The van der Waals surface area contributed by atoms with Gasteiger partial charge in [-0.15, -0.1) is 0 Å². The lowest BCUT2D eigenvalue weighted by Crippen LogP contribution is -2.39. The largest absolute Gasteiger partial charge is 0.497 e. The number of amides is 1. The van der Waals surface area contributed by atoms with E-state index in [9.17, 15) is 9.90 Å². The average molecular weight is 317 g/mol. The summed E-state index contributed by atoms with van der Waals surface area (Å²) in [5.41, 5.74) is 0.505. The highest BCUT2D eigenvalue weighted by atomic mass is 16.5. The number of methoxy groups -OCH3 is 1. The fourth-order valence-electron chi connectivity index (χ4n) is 3.91. The maximum Gasteiger partial charge on any atom is 0.225 e. The predicted molar refractivity (Wildman–Crippen MR) is 89.6 cm³/mol. The quantitative estimate of drug-likeness (QED) is 0.928. The number of carbonyl (C=O) groups excluding carboxylic acids is 1. The van der Waals surface area contributed by atoms with E-state index >= 15 is 0 Å². The minimum absolute atomic E-state index is 0.116. The molecule has 1 aliphatic heterocycles. The van der Waals surface area contributed by atoms with Crippen molar-refractivity contribution in [2.45, 2.75) is 56.5 Å². The van der Waals surface area contributed by atoms with Crippen LogP contribution in [0.25, 0.3) is 0 Å². The van der Waals surface area contributed by atoms with Crippen molar-refractivity contribution in [1.29, 1.82) is 0 Å². The van der Waals surface area contributed by atoms with Crippen LogP contribution in [0.1, 0.15) is 56.4 Å². The van der Waals surface area contributed by atoms with Gasteiger partial charge in [0.1, 0.15) is 5.75 Å². The molecule has 1 unspecified atom stereocenters. The Bertz CT molecular complexity index is 534. The number of rotatable bonds is 4. The monoisotopic (exact) mass is 317 g/mol. The minimum atomic E-state index is -0.756. The Morgan fingerprint density at radius 3 is 2.61 bits per heavy atom. The van der Waals surface area contributed by atoms with Crippen molar-refractivity contribution in [3.63, 3.8) is 0 Å². The molecule has 1 amide bonds. The van der Waals surface area contributed by atoms with Gasteiger partial charge in [0, 0.05) is 19.0 Å². The summed E-state index contributed by atoms with van der Waals surface area (Å²) in [6, 6.07) is 8.13. The van der Waals surface area contributed by atoms with Crippen molar-refractivity contribution in [2.75, 3.05) is 20.2 Å². The smallest absolute Gasteiger partial charge is 0.225 e. The molecule has 4 heteroatoms. The maximum absolute atomic E-state index is 12.5. The van der Waals surface area contributed by atoms with E-state index in [1.165, 1.54) is 12.0 Å². The van der Waals surface area contributed by atoms with Crippen LogP contribution in [0, 0.1) is 0 Å². The number of hydrogen-bond acceptors (Lipinski definition) is 3. The van der Waals surface area contributed by atoms with E-state index in [0.29, 0.717) is 12.3 Å². The van der Waals surface area contributed by atoms with Gasteiger partial charge in [-0.05, 0) is 37.0 Å². The third-order valence-corrected chi connectivity index (χ3v) is 5.39. The van der Waals surface area contributed by atoms with Crippen LogP contribution in [0.2, 0.25) is 0 Å². The van der Waals surface area contributed by atoms with Gasteiger partial charge in [0.15, 0.2) is 0 Å². The Morgan fingerprint density at radius 2 is 1.96 bits per heavy atom. The van der Waals surface area contributed by atoms with Crippen LogP contribution in [-0.4, -0.2) is 41.7 Å². The highest BCUT2D eigenvalue weighted by Gasteiger charge is 2.35. The molecule has 1 aromatic rings. The van der Waals surface area contributed by atoms with Crippen molar-refractivity contribution in [2.24, 2.45) is 0 Å². The Labute approximate surface area is 138 Å². The van der Waals surface area contributed by atoms with Gasteiger partial charge in [-0.1, -0.05) is 31.4 Å². The molecule has 0 bridgehead atoms. The van der Waals surface area contributed by atoms with Crippen molar-refractivity contribution in [1.82, 2.24) is 4.90 Å². The summed E-state index contributed by atoms with van der Waals surface area (Å²) in [6.07, 6.45) is 6.10. The van der Waals surface area contributed by atoms with E-state index in [0.717, 1.165) is 50.9 Å². The summed E-state index contributed by atoms with van der Waals surface area (Å²) in [5.74, 6) is 1.37. The van der Waals surface area contributed by atoms with Crippen LogP contribution < -0.4 is 4.74 Å². The van der Waals surface area contributed by atoms with E-state index in [-0.39, 0.29) is 5.91 Å². The van der Waals surface area contributed by atoms with E-state index < -0.39 is 5.60 Å². The Balaban J connectivity index is 1.57. The molecule has 126 valence electrons. The van der Waals surface area contributed by atoms with Gasteiger partial charge in [0.25, 0.3) is 0 Å². The summed E-state index contributed by atoms with van der Waals surface area (Å²) in [4.78, 5) is 14.5. The Hall–Kier alpha value is -1.55. The molecule has 1 saturated carbocycles. The van der Waals surface area contributed by atoms with Crippen LogP contribution in [0.3, 0.4) is 0 Å². The second kappa shape index (κ2) is 6.91. The average Bonchev–Trinajstić information content (AvgIpc) is 3.05. The maximum atomic E-state index is 12.5. The lowest BCUT2D eigenvalue weighted by atomic mass is 9.82. The zero-order valence-electron chi connectivity index (χ0n) is 14.0. The van der Waals surface area contributed by atoms with E-state index in [1.54, 1.807) is 7.11 Å². The second-order valence-electron chi connectivity index (χ2n) is 7.06. The van der Waals surface area contributed by atoms with Crippen LogP contribution in [0.5, 0.6) is 5.75 Å². The van der Waals surface area contributed by atoms with E-state index in [2.05, 4.69) is 12.1 Å². The van der Waals surface area contributed by atoms with E-state index in [1.807, 2.05) is 17.0 Å². The Kier molecular flexibility index (Phi) is 4.90. The van der Waals surface area contributed by atoms with Gasteiger partial charge >= 0.3 is 0 Å². The van der Waals surface area contributed by atoms with Gasteiger partial charge in [-0.2, -0.15) is 0 Å². The second-order valence-corrected chi connectivity index (χ2v) is 7.06. The summed E-state index contributed by atoms with van der Waals surface area (Å²) >= 11 is 0. The van der Waals surface area contributed by atoms with Crippen LogP contribution in [0.15, 0.2) is 24.3 Å². The van der Waals surface area contributed by atoms with Gasteiger partial charge < -0.3 is 14.7 Å². The number of carbonyl (C=O) groups is 1. The summed E-state index contributed by atoms with van der Waals surface area (Å²) in [7, 11) is 1.67. The molecule has 23 heavy (non-hydrogen) atoms. The molecule has 0 radical (unpaired) electrons.